The van der Waals surface area contributed by atoms with Crippen molar-refractivity contribution in [2.45, 2.75) is 57.0 Å². The maximum absolute atomic E-state index is 14.3. The largest absolute Gasteiger partial charge is 0.353 e. The maximum atomic E-state index is 14.3. The number of rotatable bonds is 4. The van der Waals surface area contributed by atoms with Crippen LogP contribution in [0.4, 0.5) is 4.39 Å². The molecule has 2 N–H and O–H groups in total. The van der Waals surface area contributed by atoms with Gasteiger partial charge in [-0.05, 0) is 55.2 Å². The molecule has 7 heteroatoms. The van der Waals surface area contributed by atoms with Crippen LogP contribution in [0.15, 0.2) is 22.7 Å². The molecule has 2 aliphatic rings. The molecule has 2 heterocycles. The quantitative estimate of drug-likeness (QED) is 0.696. The molecule has 0 unspecified atom stereocenters. The van der Waals surface area contributed by atoms with Gasteiger partial charge in [-0.1, -0.05) is 28.8 Å². The highest BCUT2D eigenvalue weighted by Gasteiger charge is 2.29. The average molecular weight is 438 g/mol. The van der Waals surface area contributed by atoms with Gasteiger partial charge in [0.1, 0.15) is 5.82 Å². The molecule has 1 aromatic heterocycles. The molecule has 1 aliphatic heterocycles. The third kappa shape index (κ3) is 3.51. The third-order valence-electron chi connectivity index (χ3n) is 5.48. The van der Waals surface area contributed by atoms with Gasteiger partial charge in [0.05, 0.1) is 6.42 Å². The SMILES string of the molecule is O=C(Cc1[nH]c(=S)n2c1C[C@@H](c1cc(Br)ccc1F)C2)NC1CCCC1. The Kier molecular flexibility index (Phi) is 5.01. The van der Waals surface area contributed by atoms with Crippen LogP contribution in [0.2, 0.25) is 0 Å². The number of aromatic nitrogens is 2. The Balaban J connectivity index is 1.52. The van der Waals surface area contributed by atoms with E-state index in [2.05, 4.69) is 26.2 Å². The van der Waals surface area contributed by atoms with E-state index in [1.807, 2.05) is 10.6 Å². The molecule has 1 atom stereocenters. The highest BCUT2D eigenvalue weighted by atomic mass is 79.9. The Labute approximate surface area is 165 Å². The number of carbonyl (C=O) groups excluding carboxylic acids is 1. The lowest BCUT2D eigenvalue weighted by atomic mass is 9.96. The van der Waals surface area contributed by atoms with Crippen molar-refractivity contribution in [2.75, 3.05) is 0 Å². The second-order valence-electron chi connectivity index (χ2n) is 7.26. The fourth-order valence-electron chi connectivity index (χ4n) is 4.19. The number of halogens is 2. The molecule has 2 aromatic rings. The minimum atomic E-state index is -0.195. The van der Waals surface area contributed by atoms with Gasteiger partial charge in [-0.15, -0.1) is 0 Å². The molecule has 4 nitrogen and oxygen atoms in total. The second kappa shape index (κ2) is 7.27. The minimum Gasteiger partial charge on any atom is -0.353 e. The van der Waals surface area contributed by atoms with E-state index in [9.17, 15) is 9.18 Å². The van der Waals surface area contributed by atoms with Gasteiger partial charge in [0.15, 0.2) is 4.77 Å². The molecule has 0 radical (unpaired) electrons. The van der Waals surface area contributed by atoms with Crippen molar-refractivity contribution in [3.63, 3.8) is 0 Å². The van der Waals surface area contributed by atoms with E-state index in [4.69, 9.17) is 12.2 Å². The normalized spacial score (nSPS) is 19.7. The summed E-state index contributed by atoms with van der Waals surface area (Å²) in [5.74, 6) is -0.122. The molecule has 1 aliphatic carbocycles. The number of H-pyrrole nitrogens is 1. The lowest BCUT2D eigenvalue weighted by molar-refractivity contribution is -0.121. The van der Waals surface area contributed by atoms with E-state index >= 15 is 0 Å². The van der Waals surface area contributed by atoms with Crippen molar-refractivity contribution >= 4 is 34.1 Å². The van der Waals surface area contributed by atoms with Crippen LogP contribution >= 0.6 is 28.1 Å². The van der Waals surface area contributed by atoms with Gasteiger partial charge in [-0.25, -0.2) is 4.39 Å². The fraction of sp³-hybridized carbons (Fsp3) is 0.474. The van der Waals surface area contributed by atoms with Gasteiger partial charge in [0.2, 0.25) is 5.91 Å². The van der Waals surface area contributed by atoms with Crippen molar-refractivity contribution in [1.82, 2.24) is 14.9 Å². The molecular weight excluding hydrogens is 417 g/mol. The first kappa shape index (κ1) is 17.9. The number of imidazole rings is 1. The summed E-state index contributed by atoms with van der Waals surface area (Å²) in [4.78, 5) is 15.6. The van der Waals surface area contributed by atoms with E-state index in [1.165, 1.54) is 18.9 Å². The summed E-state index contributed by atoms with van der Waals surface area (Å²) in [6, 6.07) is 5.35. The van der Waals surface area contributed by atoms with Crippen LogP contribution in [0.1, 0.15) is 48.6 Å². The number of hydrogen-bond acceptors (Lipinski definition) is 2. The van der Waals surface area contributed by atoms with Crippen LogP contribution < -0.4 is 5.32 Å². The average Bonchev–Trinajstić information content (AvgIpc) is 3.30. The molecule has 138 valence electrons. The molecule has 1 amide bonds. The summed E-state index contributed by atoms with van der Waals surface area (Å²) < 4.78 is 17.8. The number of fused-ring (bicyclic) bond motifs is 1. The topological polar surface area (TPSA) is 49.8 Å². The molecule has 26 heavy (non-hydrogen) atoms. The Morgan fingerprint density at radius 2 is 2.15 bits per heavy atom. The maximum Gasteiger partial charge on any atom is 0.226 e. The van der Waals surface area contributed by atoms with Gasteiger partial charge >= 0.3 is 0 Å². The molecule has 0 saturated heterocycles. The first-order chi connectivity index (χ1) is 12.5. The predicted molar refractivity (Wildman–Crippen MR) is 104 cm³/mol. The molecule has 1 fully saturated rings. The van der Waals surface area contributed by atoms with Crippen LogP contribution in [0.25, 0.3) is 0 Å². The van der Waals surface area contributed by atoms with Crippen molar-refractivity contribution in [3.05, 3.63) is 50.2 Å². The van der Waals surface area contributed by atoms with Crippen molar-refractivity contribution in [1.29, 1.82) is 0 Å². The van der Waals surface area contributed by atoms with Crippen molar-refractivity contribution in [3.8, 4) is 0 Å². The molecule has 0 bridgehead atoms. The van der Waals surface area contributed by atoms with E-state index in [0.717, 1.165) is 28.7 Å². The van der Waals surface area contributed by atoms with Crippen LogP contribution in [0, 0.1) is 10.6 Å². The van der Waals surface area contributed by atoms with Crippen LogP contribution in [-0.2, 0) is 24.2 Å². The summed E-state index contributed by atoms with van der Waals surface area (Å²) in [5, 5.41) is 3.12. The third-order valence-corrected chi connectivity index (χ3v) is 6.29. The van der Waals surface area contributed by atoms with Gasteiger partial charge in [0, 0.05) is 34.4 Å². The standard InChI is InChI=1S/C19H21BrFN3OS/c20-12-5-6-15(21)14(8-12)11-7-17-16(23-19(26)24(17)10-11)9-18(25)22-13-3-1-2-4-13/h5-6,8,11,13H,1-4,7,9-10H2,(H,22,25)(H,23,26)/t11-/m1/s1. The first-order valence-corrected chi connectivity index (χ1v) is 10.3. The monoisotopic (exact) mass is 437 g/mol. The van der Waals surface area contributed by atoms with E-state index in [-0.39, 0.29) is 17.6 Å². The van der Waals surface area contributed by atoms with Gasteiger partial charge in [-0.3, -0.25) is 4.79 Å². The zero-order valence-electron chi connectivity index (χ0n) is 14.4. The summed E-state index contributed by atoms with van der Waals surface area (Å²) >= 11 is 8.85. The Morgan fingerprint density at radius 1 is 1.38 bits per heavy atom. The predicted octanol–water partition coefficient (Wildman–Crippen LogP) is 4.39. The molecule has 0 spiro atoms. The number of amides is 1. The summed E-state index contributed by atoms with van der Waals surface area (Å²) in [6.07, 6.45) is 5.51. The van der Waals surface area contributed by atoms with Crippen LogP contribution in [-0.4, -0.2) is 21.5 Å². The zero-order valence-corrected chi connectivity index (χ0v) is 16.8. The Morgan fingerprint density at radius 3 is 2.92 bits per heavy atom. The molecule has 1 aromatic carbocycles. The number of nitrogens with zero attached hydrogens (tertiary/aromatic N) is 1. The summed E-state index contributed by atoms with van der Waals surface area (Å²) in [5.41, 5.74) is 2.59. The highest BCUT2D eigenvalue weighted by molar-refractivity contribution is 9.10. The zero-order chi connectivity index (χ0) is 18.3. The number of aromatic amines is 1. The Hall–Kier alpha value is -1.47. The van der Waals surface area contributed by atoms with Gasteiger partial charge < -0.3 is 14.9 Å². The van der Waals surface area contributed by atoms with Crippen molar-refractivity contribution in [2.24, 2.45) is 0 Å². The first-order valence-electron chi connectivity index (χ1n) is 9.06. The lowest BCUT2D eigenvalue weighted by Crippen LogP contribution is -2.34. The number of benzene rings is 1. The van der Waals surface area contributed by atoms with Crippen LogP contribution in [0.5, 0.6) is 0 Å². The van der Waals surface area contributed by atoms with E-state index in [1.54, 1.807) is 6.07 Å². The van der Waals surface area contributed by atoms with E-state index in [0.29, 0.717) is 35.8 Å². The number of hydrogen-bond donors (Lipinski definition) is 2. The van der Waals surface area contributed by atoms with Crippen LogP contribution in [0.3, 0.4) is 0 Å². The Bertz CT molecular complexity index is 901. The molecule has 1 saturated carbocycles. The van der Waals surface area contributed by atoms with E-state index < -0.39 is 0 Å². The summed E-state index contributed by atoms with van der Waals surface area (Å²) in [6.45, 7) is 0.641. The fourth-order valence-corrected chi connectivity index (χ4v) is 4.88. The molecule has 4 rings (SSSR count). The highest BCUT2D eigenvalue weighted by Crippen LogP contribution is 2.34. The molecular formula is C19H21BrFN3OS. The number of carbonyl (C=O) groups is 1. The lowest BCUT2D eigenvalue weighted by Gasteiger charge is -2.12. The second-order valence-corrected chi connectivity index (χ2v) is 8.56. The number of nitrogens with one attached hydrogen (secondary N) is 2. The van der Waals surface area contributed by atoms with Gasteiger partial charge in [0.25, 0.3) is 0 Å². The van der Waals surface area contributed by atoms with Gasteiger partial charge in [-0.2, -0.15) is 0 Å². The minimum absolute atomic E-state index is 0.0358. The smallest absolute Gasteiger partial charge is 0.226 e. The van der Waals surface area contributed by atoms with Crippen molar-refractivity contribution < 1.29 is 9.18 Å². The summed E-state index contributed by atoms with van der Waals surface area (Å²) in [7, 11) is 0.